The molecule has 2 aromatic heterocycles. The Morgan fingerprint density at radius 2 is 1.97 bits per heavy atom. The summed E-state index contributed by atoms with van der Waals surface area (Å²) in [7, 11) is 0. The summed E-state index contributed by atoms with van der Waals surface area (Å²) in [6, 6.07) is 8.79. The molecule has 0 radical (unpaired) electrons. The number of nitrogens with zero attached hydrogens (tertiary/aromatic N) is 2. The molecule has 3 aromatic rings. The van der Waals surface area contributed by atoms with Crippen molar-refractivity contribution in [2.24, 2.45) is 11.7 Å². The second-order valence-electron chi connectivity index (χ2n) is 9.55. The minimum absolute atomic E-state index is 0.108. The van der Waals surface area contributed by atoms with Crippen molar-refractivity contribution in [3.05, 3.63) is 62.9 Å². The first-order chi connectivity index (χ1) is 16.7. The molecule has 0 saturated heterocycles. The largest absolute Gasteiger partial charge is 0.457 e. The van der Waals surface area contributed by atoms with Gasteiger partial charge in [-0.3, -0.25) is 9.59 Å². The molecule has 2 N–H and O–H groups in total. The number of hydrogen-bond acceptors (Lipinski definition) is 7. The van der Waals surface area contributed by atoms with Crippen molar-refractivity contribution < 1.29 is 19.1 Å². The normalized spacial score (nSPS) is 19.2. The van der Waals surface area contributed by atoms with E-state index in [-0.39, 0.29) is 24.5 Å². The van der Waals surface area contributed by atoms with E-state index < -0.39 is 23.6 Å². The molecule has 2 atom stereocenters. The molecular formula is C27H29N3O5. The molecule has 5 rings (SSSR count). The Morgan fingerprint density at radius 3 is 2.66 bits per heavy atom. The number of aryl methyl sites for hydroxylation is 1. The summed E-state index contributed by atoms with van der Waals surface area (Å²) in [6.07, 6.45) is 0.898. The van der Waals surface area contributed by atoms with Crippen LogP contribution in [0, 0.1) is 5.92 Å². The number of carbonyl (C=O) groups excluding carboxylic acids is 2. The summed E-state index contributed by atoms with van der Waals surface area (Å²) in [5.41, 5.74) is 9.01. The van der Waals surface area contributed by atoms with E-state index in [0.717, 1.165) is 34.1 Å². The van der Waals surface area contributed by atoms with Gasteiger partial charge in [-0.1, -0.05) is 45.9 Å². The minimum Gasteiger partial charge on any atom is -0.457 e. The van der Waals surface area contributed by atoms with Gasteiger partial charge >= 0.3 is 11.9 Å². The number of carbonyl (C=O) groups is 2. The van der Waals surface area contributed by atoms with E-state index in [1.807, 2.05) is 24.3 Å². The molecular weight excluding hydrogens is 446 g/mol. The van der Waals surface area contributed by atoms with Crippen molar-refractivity contribution in [1.82, 2.24) is 9.55 Å². The molecule has 2 aliphatic heterocycles. The Balaban J connectivity index is 1.74. The van der Waals surface area contributed by atoms with Crippen molar-refractivity contribution in [2.75, 3.05) is 0 Å². The maximum Gasteiger partial charge on any atom is 0.355 e. The van der Waals surface area contributed by atoms with Gasteiger partial charge in [-0.05, 0) is 36.5 Å². The van der Waals surface area contributed by atoms with E-state index in [0.29, 0.717) is 23.4 Å². The lowest BCUT2D eigenvalue weighted by molar-refractivity contribution is -0.190. The van der Waals surface area contributed by atoms with Crippen LogP contribution in [0.25, 0.3) is 22.3 Å². The third kappa shape index (κ3) is 3.31. The summed E-state index contributed by atoms with van der Waals surface area (Å²) in [4.78, 5) is 44.6. The van der Waals surface area contributed by atoms with Crippen LogP contribution >= 0.6 is 0 Å². The molecule has 35 heavy (non-hydrogen) atoms. The zero-order valence-corrected chi connectivity index (χ0v) is 20.4. The Kier molecular flexibility index (Phi) is 5.51. The first kappa shape index (κ1) is 23.2. The van der Waals surface area contributed by atoms with E-state index >= 15 is 0 Å². The molecule has 8 heteroatoms. The van der Waals surface area contributed by atoms with Crippen molar-refractivity contribution in [3.63, 3.8) is 0 Å². The van der Waals surface area contributed by atoms with E-state index in [9.17, 15) is 14.4 Å². The van der Waals surface area contributed by atoms with Crippen LogP contribution < -0.4 is 11.3 Å². The highest BCUT2D eigenvalue weighted by Crippen LogP contribution is 2.42. The number of nitrogens with two attached hydrogens (primary N) is 1. The van der Waals surface area contributed by atoms with Crippen LogP contribution in [-0.4, -0.2) is 27.5 Å². The number of fused-ring (bicyclic) bond motifs is 5. The number of pyridine rings is 2. The van der Waals surface area contributed by atoms with Crippen LogP contribution in [-0.2, 0) is 44.2 Å². The summed E-state index contributed by atoms with van der Waals surface area (Å²) in [5, 5.41) is 1.07. The molecule has 0 bridgehead atoms. The molecule has 0 aliphatic carbocycles. The molecule has 0 saturated carbocycles. The molecule has 8 nitrogen and oxygen atoms in total. The maximum atomic E-state index is 13.7. The zero-order chi connectivity index (χ0) is 25.1. The smallest absolute Gasteiger partial charge is 0.355 e. The van der Waals surface area contributed by atoms with E-state index in [4.69, 9.17) is 20.2 Å². The number of rotatable bonds is 5. The number of ether oxygens (including phenoxy) is 2. The van der Waals surface area contributed by atoms with Gasteiger partial charge in [0.05, 0.1) is 29.0 Å². The van der Waals surface area contributed by atoms with E-state index in [1.54, 1.807) is 31.4 Å². The summed E-state index contributed by atoms with van der Waals surface area (Å²) in [5.74, 6) is -1.58. The average Bonchev–Trinajstić information content (AvgIpc) is 3.22. The number of benzene rings is 1. The van der Waals surface area contributed by atoms with Gasteiger partial charge < -0.3 is 19.8 Å². The molecule has 0 fully saturated rings. The fourth-order valence-corrected chi connectivity index (χ4v) is 5.19. The highest BCUT2D eigenvalue weighted by molar-refractivity contribution is 5.90. The zero-order valence-electron chi connectivity index (χ0n) is 20.4. The maximum absolute atomic E-state index is 13.7. The molecule has 2 aliphatic rings. The van der Waals surface area contributed by atoms with Gasteiger partial charge in [0.15, 0.2) is 0 Å². The van der Waals surface area contributed by atoms with Crippen LogP contribution in [0.1, 0.15) is 56.4 Å². The van der Waals surface area contributed by atoms with Crippen LogP contribution in [0.15, 0.2) is 35.1 Å². The van der Waals surface area contributed by atoms with Crippen LogP contribution in [0.3, 0.4) is 0 Å². The minimum atomic E-state index is -1.74. The fourth-order valence-electron chi connectivity index (χ4n) is 5.19. The fraction of sp³-hybridized carbons (Fsp3) is 0.407. The third-order valence-corrected chi connectivity index (χ3v) is 7.30. The SMILES string of the molecule is CCc1c2c(nc3ccccc13)-c1cc3c(c(=O)n1C2)COC(=O)[C@@]3(CC)OC(=O)[C@@H](N)C(C)C. The van der Waals surface area contributed by atoms with Crippen molar-refractivity contribution in [1.29, 1.82) is 0 Å². The van der Waals surface area contributed by atoms with Gasteiger partial charge in [0.2, 0.25) is 5.60 Å². The number of cyclic esters (lactones) is 1. The average molecular weight is 476 g/mol. The molecule has 182 valence electrons. The second-order valence-corrected chi connectivity index (χ2v) is 9.55. The molecule has 0 spiro atoms. The summed E-state index contributed by atoms with van der Waals surface area (Å²) < 4.78 is 12.9. The lowest BCUT2D eigenvalue weighted by atomic mass is 9.85. The van der Waals surface area contributed by atoms with Gasteiger partial charge in [0.25, 0.3) is 5.56 Å². The highest BCUT2D eigenvalue weighted by Gasteiger charge is 2.51. The van der Waals surface area contributed by atoms with Gasteiger partial charge in [0.1, 0.15) is 12.6 Å². The third-order valence-electron chi connectivity index (χ3n) is 7.30. The predicted octanol–water partition coefficient (Wildman–Crippen LogP) is 3.18. The van der Waals surface area contributed by atoms with Crippen LogP contribution in [0.5, 0.6) is 0 Å². The van der Waals surface area contributed by atoms with Crippen molar-refractivity contribution >= 4 is 22.8 Å². The van der Waals surface area contributed by atoms with Crippen LogP contribution in [0.2, 0.25) is 0 Å². The Hall–Kier alpha value is -3.52. The van der Waals surface area contributed by atoms with Gasteiger partial charge in [-0.2, -0.15) is 0 Å². The summed E-state index contributed by atoms with van der Waals surface area (Å²) in [6.45, 7) is 7.64. The Morgan fingerprint density at radius 1 is 1.23 bits per heavy atom. The summed E-state index contributed by atoms with van der Waals surface area (Å²) >= 11 is 0. The Labute approximate surface area is 203 Å². The number of hydrogen-bond donors (Lipinski definition) is 1. The molecule has 0 unspecified atom stereocenters. The number of esters is 2. The Bertz CT molecular complexity index is 1440. The highest BCUT2D eigenvalue weighted by atomic mass is 16.6. The van der Waals surface area contributed by atoms with E-state index in [2.05, 4.69) is 6.92 Å². The first-order valence-corrected chi connectivity index (χ1v) is 12.1. The molecule has 0 amide bonds. The van der Waals surface area contributed by atoms with Gasteiger partial charge in [-0.15, -0.1) is 0 Å². The van der Waals surface area contributed by atoms with Gasteiger partial charge in [0, 0.05) is 16.5 Å². The number of para-hydroxylation sites is 1. The predicted molar refractivity (Wildman–Crippen MR) is 131 cm³/mol. The lowest BCUT2D eigenvalue weighted by Crippen LogP contribution is -2.50. The monoisotopic (exact) mass is 475 g/mol. The molecule has 1 aromatic carbocycles. The van der Waals surface area contributed by atoms with E-state index in [1.165, 1.54) is 0 Å². The standard InChI is InChI=1S/C27H29N3O5/c1-5-15-16-9-7-8-10-20(16)29-23-17(15)12-30-21(23)11-19-18(24(30)31)13-34-26(33)27(19,6-2)35-25(32)22(28)14(3)4/h7-11,14,22H,5-6,12-13,28H2,1-4H3/t22-,27-/m0/s1. The number of aromatic nitrogens is 2. The van der Waals surface area contributed by atoms with Crippen LogP contribution in [0.4, 0.5) is 0 Å². The molecule has 4 heterocycles. The van der Waals surface area contributed by atoms with Gasteiger partial charge in [-0.25, -0.2) is 9.78 Å². The second kappa shape index (κ2) is 8.30. The van der Waals surface area contributed by atoms with Crippen molar-refractivity contribution in [2.45, 2.75) is 65.3 Å². The topological polar surface area (TPSA) is 114 Å². The lowest BCUT2D eigenvalue weighted by Gasteiger charge is -2.36. The first-order valence-electron chi connectivity index (χ1n) is 12.1. The van der Waals surface area contributed by atoms with Crippen molar-refractivity contribution in [3.8, 4) is 11.4 Å². The quantitative estimate of drug-likeness (QED) is 0.441.